The summed E-state index contributed by atoms with van der Waals surface area (Å²) in [5.74, 6) is -0.181. The quantitative estimate of drug-likeness (QED) is 0.798. The van der Waals surface area contributed by atoms with Crippen LogP contribution < -0.4 is 10.3 Å². The Morgan fingerprint density at radius 2 is 1.83 bits per heavy atom. The zero-order valence-corrected chi connectivity index (χ0v) is 11.7. The van der Waals surface area contributed by atoms with E-state index in [4.69, 9.17) is 0 Å². The molecule has 1 aliphatic heterocycles. The molecule has 2 heterocycles. The van der Waals surface area contributed by atoms with Gasteiger partial charge in [0.25, 0.3) is 5.91 Å². The molecule has 6 nitrogen and oxygen atoms in total. The molecule has 0 saturated carbocycles. The van der Waals surface area contributed by atoms with E-state index in [-0.39, 0.29) is 10.8 Å². The first kappa shape index (κ1) is 13.3. The van der Waals surface area contributed by atoms with E-state index in [1.807, 2.05) is 5.01 Å². The molecule has 0 aromatic carbocycles. The minimum atomic E-state index is -0.181. The number of thiazole rings is 1. The van der Waals surface area contributed by atoms with Gasteiger partial charge in [-0.05, 0) is 14.0 Å². The zero-order valence-electron chi connectivity index (χ0n) is 10.9. The fourth-order valence-electron chi connectivity index (χ4n) is 1.84. The minimum absolute atomic E-state index is 0.101. The van der Waals surface area contributed by atoms with Crippen LogP contribution in [0, 0.1) is 6.92 Å². The lowest BCUT2D eigenvalue weighted by atomic mass is 10.3. The molecule has 100 valence electrons. The number of rotatable bonds is 2. The maximum Gasteiger partial charge on any atom is 0.307 e. The third-order valence-corrected chi connectivity index (χ3v) is 4.40. The number of amides is 1. The van der Waals surface area contributed by atoms with Crippen molar-refractivity contribution in [2.45, 2.75) is 6.92 Å². The van der Waals surface area contributed by atoms with Crippen molar-refractivity contribution < 1.29 is 4.79 Å². The molecule has 0 radical (unpaired) electrons. The highest BCUT2D eigenvalue weighted by Gasteiger charge is 2.20. The van der Waals surface area contributed by atoms with Crippen LogP contribution >= 0.6 is 11.3 Å². The molecule has 1 fully saturated rings. The van der Waals surface area contributed by atoms with E-state index < -0.39 is 0 Å². The smallest absolute Gasteiger partial charge is 0.306 e. The number of carbonyl (C=O) groups is 1. The van der Waals surface area contributed by atoms with Crippen molar-refractivity contribution in [3.05, 3.63) is 20.2 Å². The summed E-state index contributed by atoms with van der Waals surface area (Å²) in [6, 6.07) is 0. The van der Waals surface area contributed by atoms with Crippen molar-refractivity contribution in [2.24, 2.45) is 7.05 Å². The molecular formula is C11H18N4O2S. The summed E-state index contributed by atoms with van der Waals surface area (Å²) in [6.07, 6.45) is 0. The van der Waals surface area contributed by atoms with Gasteiger partial charge in [0, 0.05) is 38.9 Å². The number of hydrogen-bond donors (Lipinski definition) is 1. The second-order valence-corrected chi connectivity index (χ2v) is 5.53. The van der Waals surface area contributed by atoms with Crippen LogP contribution in [0.5, 0.6) is 0 Å². The number of carbonyl (C=O) groups excluding carboxylic acids is 1. The summed E-state index contributed by atoms with van der Waals surface area (Å²) in [4.78, 5) is 26.2. The van der Waals surface area contributed by atoms with Crippen molar-refractivity contribution in [3.8, 4) is 0 Å². The lowest BCUT2D eigenvalue weighted by Crippen LogP contribution is -2.52. The largest absolute Gasteiger partial charge is 0.307 e. The molecule has 0 bridgehead atoms. The molecule has 2 rings (SSSR count). The molecule has 1 saturated heterocycles. The van der Waals surface area contributed by atoms with Gasteiger partial charge in [-0.15, -0.1) is 0 Å². The van der Waals surface area contributed by atoms with Gasteiger partial charge in [0.2, 0.25) is 0 Å². The molecule has 7 heteroatoms. The van der Waals surface area contributed by atoms with E-state index in [0.29, 0.717) is 4.88 Å². The van der Waals surface area contributed by atoms with Crippen LogP contribution in [0.1, 0.15) is 15.4 Å². The second-order valence-electron chi connectivity index (χ2n) is 4.57. The maximum absolute atomic E-state index is 12.1. The molecule has 1 aliphatic rings. The number of likely N-dealkylation sites (N-methyl/N-ethyl adjacent to an activating group) is 1. The molecule has 0 aliphatic carbocycles. The average Bonchev–Trinajstić information content (AvgIpc) is 2.60. The Labute approximate surface area is 110 Å². The monoisotopic (exact) mass is 270 g/mol. The molecule has 1 amide bonds. The summed E-state index contributed by atoms with van der Waals surface area (Å²) in [6.45, 7) is 5.28. The number of hydrogen-bond acceptors (Lipinski definition) is 5. The highest BCUT2D eigenvalue weighted by Crippen LogP contribution is 2.10. The van der Waals surface area contributed by atoms with Crippen LogP contribution in [0.2, 0.25) is 0 Å². The van der Waals surface area contributed by atoms with Gasteiger partial charge in [-0.1, -0.05) is 11.3 Å². The van der Waals surface area contributed by atoms with Gasteiger partial charge < -0.3 is 9.47 Å². The number of hydrazine groups is 1. The fraction of sp³-hybridized carbons (Fsp3) is 0.636. The molecule has 1 aromatic rings. The minimum Gasteiger partial charge on any atom is -0.306 e. The number of piperazine rings is 1. The van der Waals surface area contributed by atoms with Crippen molar-refractivity contribution in [2.75, 3.05) is 33.2 Å². The van der Waals surface area contributed by atoms with Crippen molar-refractivity contribution in [1.29, 1.82) is 0 Å². The van der Waals surface area contributed by atoms with E-state index in [1.165, 1.54) is 4.57 Å². The number of nitrogens with one attached hydrogen (secondary N) is 1. The van der Waals surface area contributed by atoms with Crippen molar-refractivity contribution in [3.63, 3.8) is 0 Å². The van der Waals surface area contributed by atoms with Crippen molar-refractivity contribution in [1.82, 2.24) is 19.9 Å². The van der Waals surface area contributed by atoms with E-state index >= 15 is 0 Å². The predicted octanol–water partition coefficient (Wildman–Crippen LogP) is -0.353. The molecule has 0 unspecified atom stereocenters. The summed E-state index contributed by atoms with van der Waals surface area (Å²) >= 11 is 0.996. The summed E-state index contributed by atoms with van der Waals surface area (Å²) in [5, 5.41) is 1.91. The maximum atomic E-state index is 12.1. The van der Waals surface area contributed by atoms with E-state index in [0.717, 1.165) is 43.2 Å². The van der Waals surface area contributed by atoms with Crippen LogP contribution in [0.3, 0.4) is 0 Å². The Kier molecular flexibility index (Phi) is 3.84. The SMILES string of the molecule is Cc1c(C(=O)NN2CCN(C)CC2)sc(=O)n1C. The van der Waals surface area contributed by atoms with Crippen molar-refractivity contribution >= 4 is 17.2 Å². The molecular weight excluding hydrogens is 252 g/mol. The van der Waals surface area contributed by atoms with Crippen LogP contribution in [0.4, 0.5) is 0 Å². The molecule has 18 heavy (non-hydrogen) atoms. The second kappa shape index (κ2) is 5.21. The van der Waals surface area contributed by atoms with Gasteiger partial charge in [-0.25, -0.2) is 5.01 Å². The molecule has 0 atom stereocenters. The Balaban J connectivity index is 2.04. The summed E-state index contributed by atoms with van der Waals surface area (Å²) < 4.78 is 1.50. The first-order chi connectivity index (χ1) is 8.49. The van der Waals surface area contributed by atoms with Crippen LogP contribution in [0.25, 0.3) is 0 Å². The number of nitrogens with zero attached hydrogens (tertiary/aromatic N) is 3. The van der Waals surface area contributed by atoms with Gasteiger partial charge in [0.1, 0.15) is 4.88 Å². The highest BCUT2D eigenvalue weighted by molar-refractivity contribution is 7.11. The normalized spacial score (nSPS) is 17.9. The first-order valence-corrected chi connectivity index (χ1v) is 6.71. The third-order valence-electron chi connectivity index (χ3n) is 3.26. The van der Waals surface area contributed by atoms with E-state index in [9.17, 15) is 9.59 Å². The Hall–Kier alpha value is -1.18. The standard InChI is InChI=1S/C11H18N4O2S/c1-8-9(18-11(17)14(8)3)10(16)12-15-6-4-13(2)5-7-15/h4-7H2,1-3H3,(H,12,16). The van der Waals surface area contributed by atoms with Crippen LogP contribution in [0.15, 0.2) is 4.79 Å². The lowest BCUT2D eigenvalue weighted by Gasteiger charge is -2.32. The third kappa shape index (κ3) is 2.63. The van der Waals surface area contributed by atoms with Gasteiger partial charge in [0.15, 0.2) is 0 Å². The predicted molar refractivity (Wildman–Crippen MR) is 70.8 cm³/mol. The van der Waals surface area contributed by atoms with Crippen LogP contribution in [-0.2, 0) is 7.05 Å². The topological polar surface area (TPSA) is 57.6 Å². The van der Waals surface area contributed by atoms with Crippen LogP contribution in [-0.4, -0.2) is 53.6 Å². The highest BCUT2D eigenvalue weighted by atomic mass is 32.1. The molecule has 1 aromatic heterocycles. The molecule has 0 spiro atoms. The first-order valence-electron chi connectivity index (χ1n) is 5.90. The average molecular weight is 270 g/mol. The number of aromatic nitrogens is 1. The zero-order chi connectivity index (χ0) is 13.3. The van der Waals surface area contributed by atoms with Gasteiger partial charge in [-0.3, -0.25) is 15.0 Å². The molecule has 1 N–H and O–H groups in total. The Morgan fingerprint density at radius 3 is 2.33 bits per heavy atom. The summed E-state index contributed by atoms with van der Waals surface area (Å²) in [7, 11) is 3.74. The van der Waals surface area contributed by atoms with Gasteiger partial charge >= 0.3 is 4.87 Å². The van der Waals surface area contributed by atoms with E-state index in [1.54, 1.807) is 14.0 Å². The van der Waals surface area contributed by atoms with Gasteiger partial charge in [0.05, 0.1) is 0 Å². The Morgan fingerprint density at radius 1 is 1.22 bits per heavy atom. The van der Waals surface area contributed by atoms with E-state index in [2.05, 4.69) is 17.4 Å². The summed E-state index contributed by atoms with van der Waals surface area (Å²) in [5.41, 5.74) is 3.58. The van der Waals surface area contributed by atoms with Gasteiger partial charge in [-0.2, -0.15) is 0 Å². The fourth-order valence-corrected chi connectivity index (χ4v) is 2.71. The Bertz CT molecular complexity index is 500. The lowest BCUT2D eigenvalue weighted by molar-refractivity contribution is 0.0665.